The molecule has 0 aromatic heterocycles. The summed E-state index contributed by atoms with van der Waals surface area (Å²) in [5.74, 6) is 0. The lowest BCUT2D eigenvalue weighted by Crippen LogP contribution is -2.46. The highest BCUT2D eigenvalue weighted by Crippen LogP contribution is 2.16. The zero-order chi connectivity index (χ0) is 13.1. The van der Waals surface area contributed by atoms with Crippen LogP contribution in [-0.4, -0.2) is 41.9 Å². The van der Waals surface area contributed by atoms with Gasteiger partial charge < -0.3 is 20.1 Å². The maximum atomic E-state index is 11.8. The number of likely N-dealkylation sites (tertiary alicyclic amines) is 1. The molecule has 0 aromatic rings. The van der Waals surface area contributed by atoms with Crippen LogP contribution in [-0.2, 0) is 9.47 Å². The molecule has 1 heterocycles. The van der Waals surface area contributed by atoms with Crippen molar-refractivity contribution in [1.82, 2.24) is 4.90 Å². The summed E-state index contributed by atoms with van der Waals surface area (Å²) in [6, 6.07) is 0. The minimum absolute atomic E-state index is 0.325. The van der Waals surface area contributed by atoms with Crippen molar-refractivity contribution in [3.63, 3.8) is 0 Å². The molecule has 6 heteroatoms. The summed E-state index contributed by atoms with van der Waals surface area (Å²) in [6.45, 7) is 6.40. The van der Waals surface area contributed by atoms with Crippen LogP contribution in [0.3, 0.4) is 0 Å². The van der Waals surface area contributed by atoms with Crippen LogP contribution >= 0.6 is 0 Å². The fourth-order valence-corrected chi connectivity index (χ4v) is 1.69. The molecule has 0 spiro atoms. The Balaban J connectivity index is 2.49. The molecule has 2 N–H and O–H groups in total. The number of hydrogen-bond donors (Lipinski definition) is 1. The molecule has 6 nitrogen and oxygen atoms in total. The molecule has 98 valence electrons. The number of carbonyl (C=O) groups excluding carboxylic acids is 2. The number of primary amides is 1. The third kappa shape index (κ3) is 4.93. The second-order valence-corrected chi connectivity index (χ2v) is 5.13. The third-order valence-corrected chi connectivity index (χ3v) is 2.31. The summed E-state index contributed by atoms with van der Waals surface area (Å²) >= 11 is 0. The van der Waals surface area contributed by atoms with Crippen molar-refractivity contribution < 1.29 is 19.1 Å². The van der Waals surface area contributed by atoms with Gasteiger partial charge in [-0.25, -0.2) is 9.59 Å². The van der Waals surface area contributed by atoms with Crippen molar-refractivity contribution in [2.24, 2.45) is 5.73 Å². The number of piperidine rings is 1. The predicted molar refractivity (Wildman–Crippen MR) is 61.5 cm³/mol. The standard InChI is InChI=1S/C11H20N2O4/c1-11(2,3)17-10(15)13-6-4-5-8(7-13)16-9(12)14/h8H,4-7H2,1-3H3,(H2,12,14)/t8-/m0/s1. The third-order valence-electron chi connectivity index (χ3n) is 2.31. The molecule has 0 aromatic carbocycles. The first kappa shape index (κ1) is 13.6. The van der Waals surface area contributed by atoms with Gasteiger partial charge in [-0.15, -0.1) is 0 Å². The molecule has 0 radical (unpaired) electrons. The lowest BCUT2D eigenvalue weighted by molar-refractivity contribution is 0.000251. The van der Waals surface area contributed by atoms with Crippen LogP contribution in [0.15, 0.2) is 0 Å². The molecule has 1 saturated heterocycles. The van der Waals surface area contributed by atoms with Crippen molar-refractivity contribution in [3.05, 3.63) is 0 Å². The van der Waals surface area contributed by atoms with E-state index in [0.717, 1.165) is 12.8 Å². The van der Waals surface area contributed by atoms with Crippen molar-refractivity contribution in [2.75, 3.05) is 13.1 Å². The first-order valence-electron chi connectivity index (χ1n) is 5.72. The summed E-state index contributed by atoms with van der Waals surface area (Å²) in [4.78, 5) is 24.0. The Kier molecular flexibility index (Phi) is 4.20. The van der Waals surface area contributed by atoms with E-state index in [1.54, 1.807) is 4.90 Å². The summed E-state index contributed by atoms with van der Waals surface area (Å²) in [7, 11) is 0. The molecule has 0 saturated carbocycles. The van der Waals surface area contributed by atoms with E-state index in [0.29, 0.717) is 13.1 Å². The van der Waals surface area contributed by atoms with E-state index in [-0.39, 0.29) is 12.2 Å². The Morgan fingerprint density at radius 2 is 2.00 bits per heavy atom. The second-order valence-electron chi connectivity index (χ2n) is 5.13. The van der Waals surface area contributed by atoms with Gasteiger partial charge in [-0.3, -0.25) is 0 Å². The van der Waals surface area contributed by atoms with Crippen LogP contribution in [0.25, 0.3) is 0 Å². The highest BCUT2D eigenvalue weighted by Gasteiger charge is 2.28. The first-order valence-corrected chi connectivity index (χ1v) is 5.72. The van der Waals surface area contributed by atoms with Gasteiger partial charge >= 0.3 is 12.2 Å². The van der Waals surface area contributed by atoms with Gasteiger partial charge in [0.15, 0.2) is 0 Å². The number of ether oxygens (including phenoxy) is 2. The molecular formula is C11H20N2O4. The van der Waals surface area contributed by atoms with Crippen LogP contribution < -0.4 is 5.73 Å². The second kappa shape index (κ2) is 5.25. The molecule has 0 unspecified atom stereocenters. The quantitative estimate of drug-likeness (QED) is 0.757. The fraction of sp³-hybridized carbons (Fsp3) is 0.818. The molecule has 1 rings (SSSR count). The van der Waals surface area contributed by atoms with Gasteiger partial charge in [0.05, 0.1) is 6.54 Å². The van der Waals surface area contributed by atoms with E-state index >= 15 is 0 Å². The molecule has 1 aliphatic heterocycles. The van der Waals surface area contributed by atoms with Crippen molar-refractivity contribution in [2.45, 2.75) is 45.3 Å². The summed E-state index contributed by atoms with van der Waals surface area (Å²) < 4.78 is 10.1. The Bertz CT molecular complexity index is 298. The molecule has 17 heavy (non-hydrogen) atoms. The number of nitrogens with two attached hydrogens (primary N) is 1. The van der Waals surface area contributed by atoms with Gasteiger partial charge in [-0.1, -0.05) is 0 Å². The maximum Gasteiger partial charge on any atom is 0.410 e. The van der Waals surface area contributed by atoms with Crippen molar-refractivity contribution >= 4 is 12.2 Å². The van der Waals surface area contributed by atoms with Crippen molar-refractivity contribution in [1.29, 1.82) is 0 Å². The van der Waals surface area contributed by atoms with Crippen molar-refractivity contribution in [3.8, 4) is 0 Å². The predicted octanol–water partition coefficient (Wildman–Crippen LogP) is 1.48. The van der Waals surface area contributed by atoms with Gasteiger partial charge in [-0.2, -0.15) is 0 Å². The SMILES string of the molecule is CC(C)(C)OC(=O)N1CCC[C@H](OC(N)=O)C1. The highest BCUT2D eigenvalue weighted by molar-refractivity contribution is 5.68. The fourth-order valence-electron chi connectivity index (χ4n) is 1.69. The highest BCUT2D eigenvalue weighted by atomic mass is 16.6. The Morgan fingerprint density at radius 3 is 2.53 bits per heavy atom. The molecule has 1 fully saturated rings. The number of nitrogens with zero attached hydrogens (tertiary/aromatic N) is 1. The molecule has 1 aliphatic rings. The Morgan fingerprint density at radius 1 is 1.35 bits per heavy atom. The zero-order valence-electron chi connectivity index (χ0n) is 10.6. The Hall–Kier alpha value is -1.46. The zero-order valence-corrected chi connectivity index (χ0v) is 10.6. The van der Waals surface area contributed by atoms with Crippen LogP contribution in [0.2, 0.25) is 0 Å². The summed E-state index contributed by atoms with van der Waals surface area (Å²) in [6.07, 6.45) is -0.00976. The molecular weight excluding hydrogens is 224 g/mol. The van der Waals surface area contributed by atoms with Crippen LogP contribution in [0.4, 0.5) is 9.59 Å². The van der Waals surface area contributed by atoms with E-state index in [4.69, 9.17) is 15.2 Å². The minimum Gasteiger partial charge on any atom is -0.445 e. The monoisotopic (exact) mass is 244 g/mol. The molecule has 1 atom stereocenters. The average Bonchev–Trinajstić information content (AvgIpc) is 2.14. The Labute approximate surface area is 101 Å². The molecule has 0 aliphatic carbocycles. The van der Waals surface area contributed by atoms with Gasteiger partial charge in [0, 0.05) is 6.54 Å². The van der Waals surface area contributed by atoms with E-state index in [1.165, 1.54) is 0 Å². The topological polar surface area (TPSA) is 81.9 Å². The smallest absolute Gasteiger partial charge is 0.410 e. The maximum absolute atomic E-state index is 11.8. The van der Waals surface area contributed by atoms with E-state index in [2.05, 4.69) is 0 Å². The van der Waals surface area contributed by atoms with Crippen LogP contribution in [0.1, 0.15) is 33.6 Å². The lowest BCUT2D eigenvalue weighted by atomic mass is 10.1. The number of amides is 2. The summed E-state index contributed by atoms with van der Waals surface area (Å²) in [5, 5.41) is 0. The van der Waals surface area contributed by atoms with Crippen LogP contribution in [0, 0.1) is 0 Å². The number of rotatable bonds is 1. The van der Waals surface area contributed by atoms with E-state index < -0.39 is 11.7 Å². The molecule has 0 bridgehead atoms. The first-order chi connectivity index (χ1) is 7.78. The van der Waals surface area contributed by atoms with Gasteiger partial charge in [0.2, 0.25) is 0 Å². The summed E-state index contributed by atoms with van der Waals surface area (Å²) in [5.41, 5.74) is 4.43. The molecule has 2 amide bonds. The van der Waals surface area contributed by atoms with Crippen LogP contribution in [0.5, 0.6) is 0 Å². The largest absolute Gasteiger partial charge is 0.445 e. The number of hydrogen-bond acceptors (Lipinski definition) is 4. The van der Waals surface area contributed by atoms with E-state index in [1.807, 2.05) is 20.8 Å². The van der Waals surface area contributed by atoms with Gasteiger partial charge in [-0.05, 0) is 33.6 Å². The normalized spacial score (nSPS) is 20.9. The minimum atomic E-state index is -0.805. The lowest BCUT2D eigenvalue weighted by Gasteiger charge is -2.33. The van der Waals surface area contributed by atoms with Gasteiger partial charge in [0.1, 0.15) is 11.7 Å². The van der Waals surface area contributed by atoms with Gasteiger partial charge in [0.25, 0.3) is 0 Å². The average molecular weight is 244 g/mol. The number of carbonyl (C=O) groups is 2. The van der Waals surface area contributed by atoms with E-state index in [9.17, 15) is 9.59 Å².